The van der Waals surface area contributed by atoms with E-state index in [1.807, 2.05) is 26.0 Å². The molecule has 6 aliphatic rings. The van der Waals surface area contributed by atoms with E-state index in [0.29, 0.717) is 48.7 Å². The molecule has 12 heteroatoms. The Morgan fingerprint density at radius 2 is 1.80 bits per heavy atom. The molecule has 0 unspecified atom stereocenters. The van der Waals surface area contributed by atoms with Crippen molar-refractivity contribution in [2.45, 2.75) is 153 Å². The molecule has 0 aromatic rings. The van der Waals surface area contributed by atoms with E-state index in [9.17, 15) is 30.3 Å². The number of allylic oxidation sites excluding steroid dienone is 2. The predicted molar refractivity (Wildman–Crippen MR) is 185 cm³/mol. The Morgan fingerprint density at radius 1 is 1.04 bits per heavy atom. The van der Waals surface area contributed by atoms with Gasteiger partial charge in [0.15, 0.2) is 12.1 Å². The van der Waals surface area contributed by atoms with E-state index < -0.39 is 72.3 Å². The average Bonchev–Trinajstić information content (AvgIpc) is 3.44. The van der Waals surface area contributed by atoms with Gasteiger partial charge in [-0.15, -0.1) is 0 Å². The van der Waals surface area contributed by atoms with Crippen molar-refractivity contribution in [1.29, 1.82) is 0 Å². The van der Waals surface area contributed by atoms with E-state index in [1.54, 1.807) is 25.2 Å². The number of aliphatic hydroxyl groups is 5. The second-order valence-electron chi connectivity index (χ2n) is 16.0. The van der Waals surface area contributed by atoms with Gasteiger partial charge in [-0.05, 0) is 55.2 Å². The molecular weight excluding hydrogens is 660 g/mol. The summed E-state index contributed by atoms with van der Waals surface area (Å²) in [4.78, 5) is 14.2. The molecule has 0 aromatic carbocycles. The Hall–Kier alpha value is -1.97. The number of rotatable bonds is 4. The minimum atomic E-state index is -1.84. The Morgan fingerprint density at radius 3 is 2.55 bits per heavy atom. The van der Waals surface area contributed by atoms with E-state index in [2.05, 4.69) is 20.8 Å². The van der Waals surface area contributed by atoms with Crippen molar-refractivity contribution < 1.29 is 58.7 Å². The molecule has 1 spiro atoms. The van der Waals surface area contributed by atoms with Crippen LogP contribution in [0.15, 0.2) is 47.1 Å². The Kier molecular flexibility index (Phi) is 11.7. The van der Waals surface area contributed by atoms with E-state index in [1.165, 1.54) is 0 Å². The number of hydrogen-bond donors (Lipinski definition) is 5. The predicted octanol–water partition coefficient (Wildman–Crippen LogP) is 2.99. The fourth-order valence-electron chi connectivity index (χ4n) is 8.82. The first-order chi connectivity index (χ1) is 24.2. The molecule has 0 saturated carbocycles. The van der Waals surface area contributed by atoms with Crippen molar-refractivity contribution in [3.63, 3.8) is 0 Å². The minimum Gasteiger partial charge on any atom is -0.462 e. The van der Waals surface area contributed by atoms with Crippen LogP contribution in [0.5, 0.6) is 0 Å². The third-order valence-corrected chi connectivity index (χ3v) is 12.2. The molecule has 51 heavy (non-hydrogen) atoms. The maximum absolute atomic E-state index is 14.2. The van der Waals surface area contributed by atoms with Crippen molar-refractivity contribution in [2.75, 3.05) is 13.2 Å². The molecule has 286 valence electrons. The number of aliphatic hydroxyl groups excluding tert-OH is 4. The number of esters is 1. The van der Waals surface area contributed by atoms with Crippen LogP contribution in [0.4, 0.5) is 0 Å². The molecule has 5 N–H and O–H groups in total. The average molecular weight is 719 g/mol. The van der Waals surface area contributed by atoms with Gasteiger partial charge < -0.3 is 54.0 Å². The van der Waals surface area contributed by atoms with E-state index >= 15 is 0 Å². The van der Waals surface area contributed by atoms with Crippen LogP contribution < -0.4 is 0 Å². The monoisotopic (exact) mass is 718 g/mol. The van der Waals surface area contributed by atoms with Gasteiger partial charge in [0, 0.05) is 25.2 Å². The standard InChI is InChI=1S/C39H58O12/c1-7-20(2)34-23(5)13-14-38(51-34)17-27-16-26(50-38)12-11-22(4)33(49-37-32(43)31(42)29(40)19-47-37)21(3)9-8-10-25-18-46-35-30(41)24(6)15-28(36(44)48-27)39(25,35)45/h8-11,15,20-21,23,26-35,37,40-43,45H,7,12-14,16-19H2,1-6H3/b9-8+,22-11+,25-10+/t20-,21-,23-,26+,27-,28-,29+,30+,31-,32+,33-,34+,35+,37-,38+,39+/m0/s1. The smallest absolute Gasteiger partial charge is 0.316 e. The molecule has 0 aromatic heterocycles. The summed E-state index contributed by atoms with van der Waals surface area (Å²) >= 11 is 0. The second kappa shape index (κ2) is 15.4. The van der Waals surface area contributed by atoms with Crippen LogP contribution in [0, 0.1) is 23.7 Å². The summed E-state index contributed by atoms with van der Waals surface area (Å²) in [6.45, 7) is 11.9. The molecule has 2 bridgehead atoms. The fourth-order valence-corrected chi connectivity index (χ4v) is 8.82. The lowest BCUT2D eigenvalue weighted by Crippen LogP contribution is -2.58. The highest BCUT2D eigenvalue weighted by atomic mass is 16.7. The van der Waals surface area contributed by atoms with Crippen molar-refractivity contribution in [2.24, 2.45) is 23.7 Å². The van der Waals surface area contributed by atoms with E-state index in [4.69, 9.17) is 28.4 Å². The summed E-state index contributed by atoms with van der Waals surface area (Å²) in [7, 11) is 0. The number of fused-ring (bicyclic) bond motifs is 2. The largest absolute Gasteiger partial charge is 0.462 e. The molecule has 16 atom stereocenters. The van der Waals surface area contributed by atoms with Gasteiger partial charge in [-0.3, -0.25) is 4.79 Å². The third kappa shape index (κ3) is 7.56. The summed E-state index contributed by atoms with van der Waals surface area (Å²) in [5.74, 6) is -2.31. The zero-order chi connectivity index (χ0) is 36.8. The molecule has 6 rings (SSSR count). The first-order valence-electron chi connectivity index (χ1n) is 18.8. The van der Waals surface area contributed by atoms with Gasteiger partial charge in [0.1, 0.15) is 48.1 Å². The molecular formula is C39H58O12. The van der Waals surface area contributed by atoms with Crippen LogP contribution in [-0.4, -0.2) is 117 Å². The summed E-state index contributed by atoms with van der Waals surface area (Å²) in [5, 5.41) is 54.5. The lowest BCUT2D eigenvalue weighted by atomic mass is 9.71. The van der Waals surface area contributed by atoms with Gasteiger partial charge in [-0.25, -0.2) is 0 Å². The SMILES string of the molecule is CC[C@H](C)[C@H]1O[C@]2(CC[C@@H]1C)C[C@@H]1C[C@@H](C/C=C(\C)[C@@H](O[C@@H]3OC[C@@H](O)[C@H](O)[C@H]3O)[C@@H](C)/C=C/C=C3\CO[C@@H]4[C@H](O)C(C)=C[C@@H](C(=O)O1)[C@]34O)O2. The first-order valence-corrected chi connectivity index (χ1v) is 18.8. The third-order valence-electron chi connectivity index (χ3n) is 12.2. The van der Waals surface area contributed by atoms with E-state index in [0.717, 1.165) is 18.4 Å². The van der Waals surface area contributed by atoms with Gasteiger partial charge >= 0.3 is 5.97 Å². The van der Waals surface area contributed by atoms with Gasteiger partial charge in [-0.1, -0.05) is 64.5 Å². The highest BCUT2D eigenvalue weighted by molar-refractivity contribution is 5.78. The first kappa shape index (κ1) is 38.7. The van der Waals surface area contributed by atoms with Crippen molar-refractivity contribution in [3.8, 4) is 0 Å². The minimum absolute atomic E-state index is 0.00844. The fraction of sp³-hybridized carbons (Fsp3) is 0.769. The van der Waals surface area contributed by atoms with Gasteiger partial charge in [0.2, 0.25) is 0 Å². The highest BCUT2D eigenvalue weighted by Crippen LogP contribution is 2.48. The number of hydrogen-bond acceptors (Lipinski definition) is 12. The molecule has 1 aliphatic carbocycles. The van der Waals surface area contributed by atoms with Crippen molar-refractivity contribution in [1.82, 2.24) is 0 Å². The summed E-state index contributed by atoms with van der Waals surface area (Å²) < 4.78 is 38.0. The number of carbonyl (C=O) groups excluding carboxylic acids is 1. The molecule has 5 aliphatic heterocycles. The number of carbonyl (C=O) groups is 1. The Balaban J connectivity index is 1.38. The van der Waals surface area contributed by atoms with Gasteiger partial charge in [-0.2, -0.15) is 0 Å². The molecule has 0 radical (unpaired) electrons. The van der Waals surface area contributed by atoms with Crippen LogP contribution in [-0.2, 0) is 33.2 Å². The van der Waals surface area contributed by atoms with Crippen LogP contribution in [0.2, 0.25) is 0 Å². The summed E-state index contributed by atoms with van der Waals surface area (Å²) in [5.41, 5.74) is -0.0544. The van der Waals surface area contributed by atoms with Crippen LogP contribution in [0.1, 0.15) is 80.1 Å². The van der Waals surface area contributed by atoms with E-state index in [-0.39, 0.29) is 31.3 Å². The zero-order valence-electron chi connectivity index (χ0n) is 30.7. The van der Waals surface area contributed by atoms with Crippen LogP contribution >= 0.6 is 0 Å². The van der Waals surface area contributed by atoms with Crippen molar-refractivity contribution >= 4 is 5.97 Å². The molecule has 4 fully saturated rings. The lowest BCUT2D eigenvalue weighted by Gasteiger charge is -2.51. The maximum Gasteiger partial charge on any atom is 0.316 e. The molecule has 4 saturated heterocycles. The Bertz CT molecular complexity index is 1390. The van der Waals surface area contributed by atoms with Crippen molar-refractivity contribution in [3.05, 3.63) is 47.1 Å². The Labute approximate surface area is 301 Å². The lowest BCUT2D eigenvalue weighted by molar-refractivity contribution is -0.340. The second-order valence-corrected chi connectivity index (χ2v) is 16.0. The number of ether oxygens (including phenoxy) is 6. The zero-order valence-corrected chi connectivity index (χ0v) is 30.7. The molecule has 0 amide bonds. The molecule has 12 nitrogen and oxygen atoms in total. The van der Waals surface area contributed by atoms with Crippen LogP contribution in [0.25, 0.3) is 0 Å². The quantitative estimate of drug-likeness (QED) is 0.213. The topological polar surface area (TPSA) is 174 Å². The summed E-state index contributed by atoms with van der Waals surface area (Å²) in [6.07, 6.45) is 3.63. The van der Waals surface area contributed by atoms with Crippen LogP contribution in [0.3, 0.4) is 0 Å². The van der Waals surface area contributed by atoms with Gasteiger partial charge in [0.25, 0.3) is 0 Å². The molecule has 5 heterocycles. The summed E-state index contributed by atoms with van der Waals surface area (Å²) in [6, 6.07) is 0. The van der Waals surface area contributed by atoms with Gasteiger partial charge in [0.05, 0.1) is 31.5 Å². The maximum atomic E-state index is 14.2. The normalized spacial score (nSPS) is 49.8. The highest BCUT2D eigenvalue weighted by Gasteiger charge is 2.60.